The Morgan fingerprint density at radius 1 is 1.20 bits per heavy atom. The van der Waals surface area contributed by atoms with Gasteiger partial charge in [-0.3, -0.25) is 9.59 Å². The van der Waals surface area contributed by atoms with E-state index in [1.54, 1.807) is 24.0 Å². The summed E-state index contributed by atoms with van der Waals surface area (Å²) < 4.78 is 13.7. The molecule has 3 aromatic rings. The molecule has 0 aliphatic carbocycles. The van der Waals surface area contributed by atoms with Gasteiger partial charge in [0, 0.05) is 18.4 Å². The summed E-state index contributed by atoms with van der Waals surface area (Å²) in [7, 11) is 0. The topological polar surface area (TPSA) is 75.2 Å². The summed E-state index contributed by atoms with van der Waals surface area (Å²) in [4.78, 5) is 36.7. The number of carbonyl (C=O) groups is 2. The Morgan fingerprint density at radius 3 is 2.73 bits per heavy atom. The van der Waals surface area contributed by atoms with Gasteiger partial charge < -0.3 is 10.2 Å². The molecule has 0 bridgehead atoms. The van der Waals surface area contributed by atoms with Gasteiger partial charge in [0.15, 0.2) is 0 Å². The minimum atomic E-state index is -0.937. The Bertz CT molecular complexity index is 1160. The van der Waals surface area contributed by atoms with Crippen LogP contribution in [0.15, 0.2) is 61.1 Å². The molecule has 6 nitrogen and oxygen atoms in total. The Hall–Kier alpha value is -3.61. The molecule has 150 valence electrons. The van der Waals surface area contributed by atoms with Gasteiger partial charge in [-0.2, -0.15) is 0 Å². The number of rotatable bonds is 2. The third kappa shape index (κ3) is 2.55. The molecule has 0 saturated carbocycles. The van der Waals surface area contributed by atoms with Crippen molar-refractivity contribution < 1.29 is 14.0 Å². The van der Waals surface area contributed by atoms with Gasteiger partial charge in [-0.05, 0) is 42.7 Å². The minimum absolute atomic E-state index is 0.144. The molecular formula is C23H19FN4O2. The largest absolute Gasteiger partial charge is 0.330 e. The molecule has 1 spiro atoms. The first-order valence-corrected chi connectivity index (χ1v) is 9.76. The predicted molar refractivity (Wildman–Crippen MR) is 108 cm³/mol. The summed E-state index contributed by atoms with van der Waals surface area (Å²) >= 11 is 0. The molecule has 1 saturated heterocycles. The number of hydrogen-bond acceptors (Lipinski definition) is 4. The first-order valence-electron chi connectivity index (χ1n) is 9.76. The molecule has 1 aromatic heterocycles. The van der Waals surface area contributed by atoms with Crippen LogP contribution in [0.25, 0.3) is 0 Å². The van der Waals surface area contributed by atoms with Crippen LogP contribution < -0.4 is 5.32 Å². The Labute approximate surface area is 172 Å². The smallest absolute Gasteiger partial charge is 0.257 e. The van der Waals surface area contributed by atoms with Crippen LogP contribution in [0.5, 0.6) is 0 Å². The summed E-state index contributed by atoms with van der Waals surface area (Å²) in [6.45, 7) is 2.14. The van der Waals surface area contributed by atoms with E-state index in [1.807, 2.05) is 24.3 Å². The van der Waals surface area contributed by atoms with E-state index in [4.69, 9.17) is 0 Å². The minimum Gasteiger partial charge on any atom is -0.330 e. The number of hydrogen-bond donors (Lipinski definition) is 1. The molecule has 2 atom stereocenters. The number of para-hydroxylation sites is 1. The summed E-state index contributed by atoms with van der Waals surface area (Å²) in [6.07, 6.45) is 3.37. The average Bonchev–Trinajstić information content (AvgIpc) is 3.28. The number of carbonyl (C=O) groups excluding carboxylic acids is 2. The number of aryl methyl sites for hydroxylation is 1. The first-order chi connectivity index (χ1) is 14.5. The van der Waals surface area contributed by atoms with E-state index in [9.17, 15) is 14.0 Å². The van der Waals surface area contributed by atoms with Crippen molar-refractivity contribution in [1.82, 2.24) is 14.9 Å². The molecular weight excluding hydrogens is 383 g/mol. The van der Waals surface area contributed by atoms with Crippen molar-refractivity contribution in [2.24, 2.45) is 0 Å². The van der Waals surface area contributed by atoms with Crippen LogP contribution in [0.2, 0.25) is 0 Å². The maximum atomic E-state index is 13.7. The zero-order valence-corrected chi connectivity index (χ0v) is 16.3. The second-order valence-corrected chi connectivity index (χ2v) is 7.70. The highest BCUT2D eigenvalue weighted by molar-refractivity contribution is 6.08. The van der Waals surface area contributed by atoms with Crippen molar-refractivity contribution in [2.75, 3.05) is 11.9 Å². The maximum absolute atomic E-state index is 13.7. The normalized spacial score (nSPS) is 22.3. The molecule has 0 radical (unpaired) electrons. The van der Waals surface area contributed by atoms with Crippen molar-refractivity contribution in [3.8, 4) is 0 Å². The van der Waals surface area contributed by atoms with Crippen molar-refractivity contribution in [3.05, 3.63) is 89.3 Å². The van der Waals surface area contributed by atoms with Crippen LogP contribution in [0, 0.1) is 12.7 Å². The monoisotopic (exact) mass is 402 g/mol. The highest BCUT2D eigenvalue weighted by Crippen LogP contribution is 2.54. The Balaban J connectivity index is 1.68. The number of halogens is 1. The first kappa shape index (κ1) is 18.4. The number of fused-ring (bicyclic) bond motifs is 2. The van der Waals surface area contributed by atoms with Crippen molar-refractivity contribution in [2.45, 2.75) is 24.8 Å². The number of aromatic nitrogens is 2. The highest BCUT2D eigenvalue weighted by Gasteiger charge is 2.59. The second kappa shape index (κ2) is 6.73. The van der Waals surface area contributed by atoms with Gasteiger partial charge in [-0.15, -0.1) is 0 Å². The van der Waals surface area contributed by atoms with Gasteiger partial charge in [0.05, 0.1) is 17.3 Å². The lowest BCUT2D eigenvalue weighted by Crippen LogP contribution is -2.42. The van der Waals surface area contributed by atoms with Crippen molar-refractivity contribution in [3.63, 3.8) is 0 Å². The van der Waals surface area contributed by atoms with E-state index in [0.29, 0.717) is 29.8 Å². The molecule has 5 rings (SSSR count). The van der Waals surface area contributed by atoms with Gasteiger partial charge in [0.1, 0.15) is 17.6 Å². The number of benzene rings is 2. The van der Waals surface area contributed by atoms with Crippen LogP contribution in [-0.2, 0) is 10.2 Å². The van der Waals surface area contributed by atoms with Gasteiger partial charge in [0.25, 0.3) is 5.91 Å². The van der Waals surface area contributed by atoms with Crippen LogP contribution in [0.1, 0.15) is 39.6 Å². The molecule has 2 aliphatic rings. The van der Waals surface area contributed by atoms with Crippen molar-refractivity contribution in [1.29, 1.82) is 0 Å². The fourth-order valence-corrected chi connectivity index (χ4v) is 4.77. The Morgan fingerprint density at radius 2 is 1.97 bits per heavy atom. The van der Waals surface area contributed by atoms with Crippen LogP contribution >= 0.6 is 0 Å². The molecule has 1 fully saturated rings. The lowest BCUT2D eigenvalue weighted by molar-refractivity contribution is -0.121. The second-order valence-electron chi connectivity index (χ2n) is 7.70. The van der Waals surface area contributed by atoms with Gasteiger partial charge in [-0.25, -0.2) is 14.4 Å². The van der Waals surface area contributed by atoms with Gasteiger partial charge in [-0.1, -0.05) is 30.3 Å². The molecule has 30 heavy (non-hydrogen) atoms. The molecule has 7 heteroatoms. The highest BCUT2D eigenvalue weighted by atomic mass is 19.1. The van der Waals surface area contributed by atoms with Crippen LogP contribution in [-0.4, -0.2) is 33.2 Å². The number of amides is 2. The van der Waals surface area contributed by atoms with Gasteiger partial charge in [0.2, 0.25) is 5.91 Å². The Kier molecular flexibility index (Phi) is 4.13. The zero-order chi connectivity index (χ0) is 20.9. The van der Waals surface area contributed by atoms with E-state index in [2.05, 4.69) is 15.3 Å². The third-order valence-corrected chi connectivity index (χ3v) is 6.18. The third-order valence-electron chi connectivity index (χ3n) is 6.18. The summed E-state index contributed by atoms with van der Waals surface area (Å²) in [5.74, 6) is -0.752. The van der Waals surface area contributed by atoms with Gasteiger partial charge >= 0.3 is 0 Å². The molecule has 1 N–H and O–H groups in total. The van der Waals surface area contributed by atoms with Crippen molar-refractivity contribution >= 4 is 17.5 Å². The molecule has 3 heterocycles. The fourth-order valence-electron chi connectivity index (χ4n) is 4.77. The summed E-state index contributed by atoms with van der Waals surface area (Å²) in [6, 6.07) is 13.0. The van der Waals surface area contributed by atoms with Crippen LogP contribution in [0.4, 0.5) is 10.1 Å². The standard InChI is InChI=1S/C23H19FN4O2/c1-14-17(12-25-13-26-14)21(29)28-11-10-23(20(28)15-6-8-16(24)9-7-15)18-4-2-3-5-19(18)27-22(23)30/h2-9,12-13,20H,10-11H2,1H3,(H,27,30)/t20-,23+/m0/s1. The van der Waals surface area contributed by atoms with E-state index >= 15 is 0 Å². The number of likely N-dealkylation sites (tertiary alicyclic amines) is 1. The summed E-state index contributed by atoms with van der Waals surface area (Å²) in [5, 5.41) is 2.98. The number of nitrogens with zero attached hydrogens (tertiary/aromatic N) is 3. The molecule has 2 aromatic carbocycles. The molecule has 0 unspecified atom stereocenters. The predicted octanol–water partition coefficient (Wildman–Crippen LogP) is 3.40. The maximum Gasteiger partial charge on any atom is 0.257 e. The average molecular weight is 402 g/mol. The summed E-state index contributed by atoms with van der Waals surface area (Å²) in [5.41, 5.74) is 2.36. The molecule has 2 aliphatic heterocycles. The zero-order valence-electron chi connectivity index (χ0n) is 16.3. The van der Waals surface area contributed by atoms with E-state index in [0.717, 1.165) is 11.3 Å². The number of anilines is 1. The van der Waals surface area contributed by atoms with E-state index in [-0.39, 0.29) is 17.6 Å². The lowest BCUT2D eigenvalue weighted by Gasteiger charge is -2.34. The molecule has 2 amide bonds. The number of nitrogens with one attached hydrogen (secondary N) is 1. The van der Waals surface area contributed by atoms with Crippen LogP contribution in [0.3, 0.4) is 0 Å². The SMILES string of the molecule is Cc1ncncc1C(=O)N1CC[C@]2(C(=O)Nc3ccccc32)[C@@H]1c1ccc(F)cc1. The van der Waals surface area contributed by atoms with E-state index < -0.39 is 11.5 Å². The quantitative estimate of drug-likeness (QED) is 0.713. The fraction of sp³-hybridized carbons (Fsp3) is 0.217. The van der Waals surface area contributed by atoms with E-state index in [1.165, 1.54) is 24.7 Å². The lowest BCUT2D eigenvalue weighted by atomic mass is 9.72.